The van der Waals surface area contributed by atoms with Crippen molar-refractivity contribution in [3.05, 3.63) is 29.8 Å². The Kier molecular flexibility index (Phi) is 6.71. The number of methoxy groups -OCH3 is 1. The topological polar surface area (TPSA) is 50.8 Å². The molecule has 0 aliphatic carbocycles. The minimum Gasteiger partial charge on any atom is -0.497 e. The first kappa shape index (κ1) is 17.6. The first-order valence-corrected chi connectivity index (χ1v) is 8.42. The Balaban J connectivity index is 1.78. The van der Waals surface area contributed by atoms with Gasteiger partial charge in [0.25, 0.3) is 0 Å². The molecule has 1 heterocycles. The van der Waals surface area contributed by atoms with E-state index in [0.717, 1.165) is 50.3 Å². The first-order valence-electron chi connectivity index (χ1n) is 8.42. The highest BCUT2D eigenvalue weighted by atomic mass is 16.5. The van der Waals surface area contributed by atoms with Crippen LogP contribution in [0.2, 0.25) is 0 Å². The third-order valence-electron chi connectivity index (χ3n) is 4.18. The minimum atomic E-state index is 0.0235. The normalized spacial score (nSPS) is 16.9. The smallest absolute Gasteiger partial charge is 0.317 e. The molecule has 0 bridgehead atoms. The van der Waals surface area contributed by atoms with Gasteiger partial charge in [0, 0.05) is 25.7 Å². The molecule has 5 heteroatoms. The molecule has 23 heavy (non-hydrogen) atoms. The highest BCUT2D eigenvalue weighted by Gasteiger charge is 2.23. The molecule has 1 aliphatic heterocycles. The second-order valence-electron chi connectivity index (χ2n) is 6.05. The largest absolute Gasteiger partial charge is 0.497 e. The summed E-state index contributed by atoms with van der Waals surface area (Å²) in [4.78, 5) is 14.2. The van der Waals surface area contributed by atoms with Crippen LogP contribution in [0.4, 0.5) is 4.79 Å². The van der Waals surface area contributed by atoms with E-state index in [4.69, 9.17) is 9.47 Å². The highest BCUT2D eigenvalue weighted by molar-refractivity contribution is 5.74. The van der Waals surface area contributed by atoms with Crippen LogP contribution in [-0.4, -0.2) is 49.9 Å². The van der Waals surface area contributed by atoms with E-state index < -0.39 is 0 Å². The van der Waals surface area contributed by atoms with E-state index in [2.05, 4.69) is 11.4 Å². The average molecular weight is 320 g/mol. The van der Waals surface area contributed by atoms with Crippen LogP contribution in [-0.2, 0) is 11.2 Å². The number of rotatable bonds is 6. The monoisotopic (exact) mass is 320 g/mol. The zero-order chi connectivity index (χ0) is 16.7. The molecule has 0 aromatic heterocycles. The molecule has 0 radical (unpaired) electrons. The molecule has 1 unspecified atom stereocenters. The van der Waals surface area contributed by atoms with Crippen LogP contribution >= 0.6 is 0 Å². The molecule has 2 amide bonds. The quantitative estimate of drug-likeness (QED) is 0.877. The number of hydrogen-bond donors (Lipinski definition) is 1. The summed E-state index contributed by atoms with van der Waals surface area (Å²) in [7, 11) is 1.66. The number of nitrogens with one attached hydrogen (secondary N) is 1. The third kappa shape index (κ3) is 5.43. The molecule has 5 nitrogen and oxygen atoms in total. The van der Waals surface area contributed by atoms with Gasteiger partial charge in [-0.2, -0.15) is 0 Å². The number of nitrogens with zero attached hydrogens (tertiary/aromatic N) is 1. The second-order valence-corrected chi connectivity index (χ2v) is 6.05. The van der Waals surface area contributed by atoms with Gasteiger partial charge >= 0.3 is 6.03 Å². The number of carbonyl (C=O) groups excluding carboxylic acids is 1. The fourth-order valence-corrected chi connectivity index (χ4v) is 2.97. The third-order valence-corrected chi connectivity index (χ3v) is 4.18. The van der Waals surface area contributed by atoms with Crippen LogP contribution in [0.5, 0.6) is 5.75 Å². The maximum absolute atomic E-state index is 12.3. The van der Waals surface area contributed by atoms with Crippen molar-refractivity contribution in [2.75, 3.05) is 26.8 Å². The minimum absolute atomic E-state index is 0.0235. The van der Waals surface area contributed by atoms with Gasteiger partial charge in [-0.05, 0) is 50.8 Å². The van der Waals surface area contributed by atoms with Crippen molar-refractivity contribution in [3.8, 4) is 5.75 Å². The van der Waals surface area contributed by atoms with Crippen molar-refractivity contribution in [2.45, 2.75) is 45.3 Å². The predicted molar refractivity (Wildman–Crippen MR) is 90.9 cm³/mol. The zero-order valence-electron chi connectivity index (χ0n) is 14.4. The van der Waals surface area contributed by atoms with Crippen LogP contribution in [0.25, 0.3) is 0 Å². The lowest BCUT2D eigenvalue weighted by Crippen LogP contribution is -2.48. The van der Waals surface area contributed by atoms with Gasteiger partial charge < -0.3 is 19.7 Å². The Hall–Kier alpha value is -1.75. The van der Waals surface area contributed by atoms with Crippen molar-refractivity contribution in [2.24, 2.45) is 0 Å². The van der Waals surface area contributed by atoms with E-state index >= 15 is 0 Å². The molecule has 0 saturated carbocycles. The van der Waals surface area contributed by atoms with Gasteiger partial charge in [0.2, 0.25) is 0 Å². The van der Waals surface area contributed by atoms with Crippen molar-refractivity contribution in [1.29, 1.82) is 0 Å². The Morgan fingerprint density at radius 3 is 2.78 bits per heavy atom. The van der Waals surface area contributed by atoms with Gasteiger partial charge in [-0.15, -0.1) is 0 Å². The van der Waals surface area contributed by atoms with Gasteiger partial charge in [-0.3, -0.25) is 0 Å². The van der Waals surface area contributed by atoms with Crippen LogP contribution < -0.4 is 10.1 Å². The molecule has 2 rings (SSSR count). The molecular weight excluding hydrogens is 292 g/mol. The van der Waals surface area contributed by atoms with E-state index in [9.17, 15) is 4.79 Å². The molecule has 1 aromatic carbocycles. The summed E-state index contributed by atoms with van der Waals surface area (Å²) in [5.41, 5.74) is 1.16. The lowest BCUT2D eigenvalue weighted by molar-refractivity contribution is 0.0218. The highest BCUT2D eigenvalue weighted by Crippen LogP contribution is 2.15. The molecule has 1 atom stereocenters. The Morgan fingerprint density at radius 2 is 2.13 bits per heavy atom. The van der Waals surface area contributed by atoms with Gasteiger partial charge in [0.15, 0.2) is 0 Å². The van der Waals surface area contributed by atoms with Gasteiger partial charge in [0.1, 0.15) is 5.75 Å². The first-order chi connectivity index (χ1) is 11.1. The van der Waals surface area contributed by atoms with E-state index in [1.165, 1.54) is 0 Å². The lowest BCUT2D eigenvalue weighted by atomic mass is 10.1. The van der Waals surface area contributed by atoms with Crippen molar-refractivity contribution >= 4 is 6.03 Å². The molecule has 1 N–H and O–H groups in total. The molecular formula is C18H28N2O3. The molecule has 1 aliphatic rings. The van der Waals surface area contributed by atoms with Crippen LogP contribution in [0.3, 0.4) is 0 Å². The van der Waals surface area contributed by atoms with Crippen LogP contribution in [0.1, 0.15) is 32.3 Å². The van der Waals surface area contributed by atoms with Gasteiger partial charge in [0.05, 0.1) is 13.2 Å². The number of benzene rings is 1. The SMILES string of the molecule is CCOC1CCN(C(=O)NC(C)Cc2cccc(OC)c2)CC1. The predicted octanol–water partition coefficient (Wildman–Crippen LogP) is 2.84. The Labute approximate surface area is 139 Å². The van der Waals surface area contributed by atoms with Crippen LogP contribution in [0, 0.1) is 0 Å². The fraction of sp³-hybridized carbons (Fsp3) is 0.611. The van der Waals surface area contributed by atoms with E-state index in [0.29, 0.717) is 6.10 Å². The lowest BCUT2D eigenvalue weighted by Gasteiger charge is -2.32. The summed E-state index contributed by atoms with van der Waals surface area (Å²) >= 11 is 0. The number of urea groups is 1. The summed E-state index contributed by atoms with van der Waals surface area (Å²) < 4.78 is 10.9. The van der Waals surface area contributed by atoms with Crippen molar-refractivity contribution in [1.82, 2.24) is 10.2 Å². The number of amides is 2. The molecule has 1 saturated heterocycles. The van der Waals surface area contributed by atoms with E-state index in [1.807, 2.05) is 36.9 Å². The summed E-state index contributed by atoms with van der Waals surface area (Å²) in [5, 5.41) is 3.09. The van der Waals surface area contributed by atoms with E-state index in [-0.39, 0.29) is 12.1 Å². The Morgan fingerprint density at radius 1 is 1.39 bits per heavy atom. The zero-order valence-corrected chi connectivity index (χ0v) is 14.4. The van der Waals surface area contributed by atoms with Gasteiger partial charge in [-0.1, -0.05) is 12.1 Å². The summed E-state index contributed by atoms with van der Waals surface area (Å²) in [6, 6.07) is 8.07. The number of carbonyl (C=O) groups is 1. The number of likely N-dealkylation sites (tertiary alicyclic amines) is 1. The Bertz CT molecular complexity index is 499. The molecule has 1 aromatic rings. The average Bonchev–Trinajstić information content (AvgIpc) is 2.55. The van der Waals surface area contributed by atoms with E-state index in [1.54, 1.807) is 7.11 Å². The summed E-state index contributed by atoms with van der Waals surface area (Å²) in [6.45, 7) is 6.32. The summed E-state index contributed by atoms with van der Waals surface area (Å²) in [5.74, 6) is 0.846. The number of piperidine rings is 1. The number of ether oxygens (including phenoxy) is 2. The standard InChI is InChI=1S/C18H28N2O3/c1-4-23-16-8-10-20(11-9-16)18(21)19-14(2)12-15-6-5-7-17(13-15)22-3/h5-7,13-14,16H,4,8-12H2,1-3H3,(H,19,21). The van der Waals surface area contributed by atoms with Gasteiger partial charge in [-0.25, -0.2) is 4.79 Å². The summed E-state index contributed by atoms with van der Waals surface area (Å²) in [6.07, 6.45) is 2.94. The van der Waals surface area contributed by atoms with Crippen molar-refractivity contribution < 1.29 is 14.3 Å². The molecule has 128 valence electrons. The second kappa shape index (κ2) is 8.77. The maximum Gasteiger partial charge on any atom is 0.317 e. The maximum atomic E-state index is 12.3. The van der Waals surface area contributed by atoms with Crippen LogP contribution in [0.15, 0.2) is 24.3 Å². The van der Waals surface area contributed by atoms with Crippen molar-refractivity contribution in [3.63, 3.8) is 0 Å². The number of hydrogen-bond acceptors (Lipinski definition) is 3. The molecule has 1 fully saturated rings. The molecule has 0 spiro atoms. The fourth-order valence-electron chi connectivity index (χ4n) is 2.97.